The van der Waals surface area contributed by atoms with Crippen molar-refractivity contribution in [3.8, 4) is 5.75 Å². The topological polar surface area (TPSA) is 67.4 Å². The van der Waals surface area contributed by atoms with E-state index in [-0.39, 0.29) is 5.91 Å². The lowest BCUT2D eigenvalue weighted by Gasteiger charge is -2.35. The van der Waals surface area contributed by atoms with Gasteiger partial charge in [0.25, 0.3) is 5.91 Å². The summed E-state index contributed by atoms with van der Waals surface area (Å²) in [5.74, 6) is 1.55. The quantitative estimate of drug-likeness (QED) is 0.810. The number of hydrogen-bond acceptors (Lipinski definition) is 5. The van der Waals surface area contributed by atoms with Gasteiger partial charge in [0.15, 0.2) is 0 Å². The number of aromatic nitrogens is 2. The molecule has 2 heterocycles. The molecule has 1 amide bonds. The van der Waals surface area contributed by atoms with Crippen molar-refractivity contribution >= 4 is 11.7 Å². The van der Waals surface area contributed by atoms with Gasteiger partial charge in [-0.25, -0.2) is 9.97 Å². The van der Waals surface area contributed by atoms with Crippen LogP contribution >= 0.6 is 0 Å². The SMILES string of the molecule is CCC1CCCCN1C(=O)c1cc(NCCc2cccc(OC)c2)ncn1. The van der Waals surface area contributed by atoms with Crippen molar-refractivity contribution in [3.63, 3.8) is 0 Å². The van der Waals surface area contributed by atoms with Gasteiger partial charge in [-0.05, 0) is 49.8 Å². The summed E-state index contributed by atoms with van der Waals surface area (Å²) in [6.45, 7) is 3.68. The van der Waals surface area contributed by atoms with Crippen LogP contribution in [0.5, 0.6) is 5.75 Å². The van der Waals surface area contributed by atoms with Crippen LogP contribution in [0.4, 0.5) is 5.82 Å². The van der Waals surface area contributed by atoms with E-state index in [1.807, 2.05) is 23.1 Å². The molecule has 1 N–H and O–H groups in total. The second-order valence-corrected chi connectivity index (χ2v) is 6.87. The standard InChI is InChI=1S/C21H28N4O2/c1-3-17-8-4-5-12-25(17)21(26)19-14-20(24-15-23-19)22-11-10-16-7-6-9-18(13-16)27-2/h6-7,9,13-15,17H,3-5,8,10-12H2,1-2H3,(H,22,23,24). The molecule has 27 heavy (non-hydrogen) atoms. The molecule has 6 nitrogen and oxygen atoms in total. The molecule has 1 unspecified atom stereocenters. The summed E-state index contributed by atoms with van der Waals surface area (Å²) < 4.78 is 5.25. The first kappa shape index (κ1) is 19.1. The smallest absolute Gasteiger partial charge is 0.272 e. The van der Waals surface area contributed by atoms with Crippen molar-refractivity contribution in [1.82, 2.24) is 14.9 Å². The van der Waals surface area contributed by atoms with E-state index in [0.717, 1.165) is 44.5 Å². The van der Waals surface area contributed by atoms with Crippen LogP contribution in [0.1, 0.15) is 48.7 Å². The van der Waals surface area contributed by atoms with Gasteiger partial charge in [-0.15, -0.1) is 0 Å². The fraction of sp³-hybridized carbons (Fsp3) is 0.476. The molecule has 0 saturated carbocycles. The zero-order valence-electron chi connectivity index (χ0n) is 16.1. The maximum absolute atomic E-state index is 12.9. The fourth-order valence-electron chi connectivity index (χ4n) is 3.57. The Morgan fingerprint density at radius 1 is 1.30 bits per heavy atom. The highest BCUT2D eigenvalue weighted by Gasteiger charge is 2.27. The van der Waals surface area contributed by atoms with E-state index in [1.165, 1.54) is 18.3 Å². The van der Waals surface area contributed by atoms with E-state index in [0.29, 0.717) is 17.6 Å². The Morgan fingerprint density at radius 3 is 3.00 bits per heavy atom. The van der Waals surface area contributed by atoms with Crippen LogP contribution in [-0.4, -0.2) is 47.0 Å². The van der Waals surface area contributed by atoms with E-state index < -0.39 is 0 Å². The molecule has 2 aromatic rings. The first-order valence-electron chi connectivity index (χ1n) is 9.71. The molecule has 1 fully saturated rings. The van der Waals surface area contributed by atoms with Gasteiger partial charge in [-0.3, -0.25) is 4.79 Å². The minimum Gasteiger partial charge on any atom is -0.497 e. The maximum Gasteiger partial charge on any atom is 0.272 e. The largest absolute Gasteiger partial charge is 0.497 e. The summed E-state index contributed by atoms with van der Waals surface area (Å²) in [5.41, 5.74) is 1.65. The number of nitrogens with one attached hydrogen (secondary N) is 1. The second kappa shape index (κ2) is 9.35. The number of benzene rings is 1. The first-order chi connectivity index (χ1) is 13.2. The Balaban J connectivity index is 1.60. The van der Waals surface area contributed by atoms with Crippen LogP contribution in [0.25, 0.3) is 0 Å². The number of carbonyl (C=O) groups is 1. The maximum atomic E-state index is 12.9. The number of likely N-dealkylation sites (tertiary alicyclic amines) is 1. The van der Waals surface area contributed by atoms with Crippen LogP contribution in [0, 0.1) is 0 Å². The molecule has 1 aromatic heterocycles. The Hall–Kier alpha value is -2.63. The summed E-state index contributed by atoms with van der Waals surface area (Å²) >= 11 is 0. The Kier molecular flexibility index (Phi) is 6.63. The number of amides is 1. The predicted molar refractivity (Wildman–Crippen MR) is 106 cm³/mol. The Bertz CT molecular complexity index is 765. The first-order valence-corrected chi connectivity index (χ1v) is 9.71. The number of anilines is 1. The molecule has 1 saturated heterocycles. The number of piperidine rings is 1. The molecular formula is C21H28N4O2. The molecule has 0 spiro atoms. The minimum atomic E-state index is 0.0137. The third-order valence-electron chi connectivity index (χ3n) is 5.10. The molecule has 144 valence electrons. The number of ether oxygens (including phenoxy) is 1. The van der Waals surface area contributed by atoms with Gasteiger partial charge in [0.1, 0.15) is 23.6 Å². The summed E-state index contributed by atoms with van der Waals surface area (Å²) in [5, 5.41) is 3.29. The predicted octanol–water partition coefficient (Wildman–Crippen LogP) is 3.54. The Morgan fingerprint density at radius 2 is 2.19 bits per heavy atom. The second-order valence-electron chi connectivity index (χ2n) is 6.87. The number of nitrogens with zero attached hydrogens (tertiary/aromatic N) is 3. The van der Waals surface area contributed by atoms with E-state index in [9.17, 15) is 4.79 Å². The van der Waals surface area contributed by atoms with Gasteiger partial charge >= 0.3 is 0 Å². The van der Waals surface area contributed by atoms with Gasteiger partial charge in [-0.2, -0.15) is 0 Å². The molecule has 0 radical (unpaired) electrons. The molecule has 1 aliphatic heterocycles. The molecule has 3 rings (SSSR count). The van der Waals surface area contributed by atoms with E-state index in [2.05, 4.69) is 28.3 Å². The van der Waals surface area contributed by atoms with Crippen molar-refractivity contribution < 1.29 is 9.53 Å². The molecule has 6 heteroatoms. The lowest BCUT2D eigenvalue weighted by Crippen LogP contribution is -2.43. The third kappa shape index (κ3) is 4.96. The van der Waals surface area contributed by atoms with Crippen molar-refractivity contribution in [2.45, 2.75) is 45.1 Å². The highest BCUT2D eigenvalue weighted by Crippen LogP contribution is 2.21. The summed E-state index contributed by atoms with van der Waals surface area (Å²) in [6.07, 6.45) is 6.64. The van der Waals surface area contributed by atoms with Crippen molar-refractivity contribution in [1.29, 1.82) is 0 Å². The zero-order valence-corrected chi connectivity index (χ0v) is 16.1. The molecule has 0 aliphatic carbocycles. The average Bonchev–Trinajstić information content (AvgIpc) is 2.73. The summed E-state index contributed by atoms with van der Waals surface area (Å²) in [6, 6.07) is 10.1. The minimum absolute atomic E-state index is 0.0137. The summed E-state index contributed by atoms with van der Waals surface area (Å²) in [4.78, 5) is 23.3. The van der Waals surface area contributed by atoms with Crippen molar-refractivity contribution in [2.24, 2.45) is 0 Å². The number of carbonyl (C=O) groups excluding carboxylic acids is 1. The molecule has 1 atom stereocenters. The number of rotatable bonds is 7. The van der Waals surface area contributed by atoms with Gasteiger partial charge in [0.2, 0.25) is 0 Å². The lowest BCUT2D eigenvalue weighted by atomic mass is 9.99. The number of methoxy groups -OCH3 is 1. The van der Waals surface area contributed by atoms with E-state index in [1.54, 1.807) is 13.2 Å². The van der Waals surface area contributed by atoms with Crippen LogP contribution in [0.15, 0.2) is 36.7 Å². The fourth-order valence-corrected chi connectivity index (χ4v) is 3.57. The van der Waals surface area contributed by atoms with Gasteiger partial charge in [0.05, 0.1) is 7.11 Å². The van der Waals surface area contributed by atoms with Crippen LogP contribution in [0.3, 0.4) is 0 Å². The van der Waals surface area contributed by atoms with Gasteiger partial charge in [0, 0.05) is 25.2 Å². The van der Waals surface area contributed by atoms with Crippen molar-refractivity contribution in [2.75, 3.05) is 25.5 Å². The lowest BCUT2D eigenvalue weighted by molar-refractivity contribution is 0.0602. The van der Waals surface area contributed by atoms with Crippen LogP contribution in [0.2, 0.25) is 0 Å². The molecule has 0 bridgehead atoms. The highest BCUT2D eigenvalue weighted by molar-refractivity contribution is 5.93. The van der Waals surface area contributed by atoms with E-state index >= 15 is 0 Å². The van der Waals surface area contributed by atoms with Gasteiger partial charge < -0.3 is 15.0 Å². The average molecular weight is 368 g/mol. The Labute approximate surface area is 161 Å². The monoisotopic (exact) mass is 368 g/mol. The number of hydrogen-bond donors (Lipinski definition) is 1. The normalized spacial score (nSPS) is 16.8. The van der Waals surface area contributed by atoms with Crippen molar-refractivity contribution in [3.05, 3.63) is 47.9 Å². The van der Waals surface area contributed by atoms with Crippen LogP contribution in [-0.2, 0) is 6.42 Å². The zero-order chi connectivity index (χ0) is 19.1. The van der Waals surface area contributed by atoms with E-state index in [4.69, 9.17) is 4.74 Å². The van der Waals surface area contributed by atoms with Crippen LogP contribution < -0.4 is 10.1 Å². The van der Waals surface area contributed by atoms with Gasteiger partial charge in [-0.1, -0.05) is 19.1 Å². The highest BCUT2D eigenvalue weighted by atomic mass is 16.5. The molecule has 1 aromatic carbocycles. The molecular weight excluding hydrogens is 340 g/mol. The summed E-state index contributed by atoms with van der Waals surface area (Å²) in [7, 11) is 1.67. The third-order valence-corrected chi connectivity index (χ3v) is 5.10. The molecule has 1 aliphatic rings.